The third-order valence-corrected chi connectivity index (χ3v) is 34.2. The molecule has 0 spiro atoms. The molecule has 6 heterocycles. The Morgan fingerprint density at radius 1 is 0.239 bits per heavy atom. The zero-order valence-corrected chi connectivity index (χ0v) is 90.8. The van der Waals surface area contributed by atoms with E-state index in [2.05, 4.69) is 198 Å². The molecule has 0 unspecified atom stereocenters. The van der Waals surface area contributed by atoms with Crippen LogP contribution in [-0.4, -0.2) is 255 Å². The van der Waals surface area contributed by atoms with Gasteiger partial charge in [0.15, 0.2) is 0 Å². The Balaban J connectivity index is 0.000000478. The van der Waals surface area contributed by atoms with E-state index in [1.807, 2.05) is 71.7 Å². The van der Waals surface area contributed by atoms with Gasteiger partial charge in [0.1, 0.15) is 0 Å². The summed E-state index contributed by atoms with van der Waals surface area (Å²) < 4.78 is 0. The largest absolute Gasteiger partial charge is 0.356 e. The predicted octanol–water partition coefficient (Wildman–Crippen LogP) is 24.8. The molecule has 24 heteroatoms. The highest BCUT2D eigenvalue weighted by atomic mass is 33.1. The maximum Gasteiger partial charge on any atom is 0.219 e. The lowest BCUT2D eigenvalue weighted by molar-refractivity contribution is -0.122. The van der Waals surface area contributed by atoms with Crippen molar-refractivity contribution in [1.82, 2.24) is 61.3 Å². The van der Waals surface area contributed by atoms with E-state index in [1.54, 1.807) is 0 Å². The van der Waals surface area contributed by atoms with Crippen molar-refractivity contribution in [2.75, 3.05) is 174 Å². The maximum atomic E-state index is 12.2. The number of carbonyl (C=O) groups excluding carboxylic acids is 6. The van der Waals surface area contributed by atoms with E-state index in [9.17, 15) is 28.8 Å². The second kappa shape index (κ2) is 95.5. The third-order valence-electron chi connectivity index (χ3n) is 25.1. The van der Waals surface area contributed by atoms with Crippen LogP contribution in [0.3, 0.4) is 0 Å². The quantitative estimate of drug-likeness (QED) is 0.0191. The van der Waals surface area contributed by atoms with E-state index in [1.165, 1.54) is 152 Å². The van der Waals surface area contributed by atoms with Gasteiger partial charge in [0.05, 0.1) is 0 Å². The molecule has 18 nitrogen and oxygen atoms in total. The number of allylic oxidation sites excluding steroid dienone is 18. The topological polar surface area (TPSA) is 194 Å². The van der Waals surface area contributed by atoms with Crippen molar-refractivity contribution >= 4 is 100 Å². The average molecular weight is 1980 g/mol. The Bertz CT molecular complexity index is 2990. The zero-order chi connectivity index (χ0) is 96.0. The van der Waals surface area contributed by atoms with Crippen LogP contribution < -0.4 is 31.9 Å². The van der Waals surface area contributed by atoms with Gasteiger partial charge in [-0.15, -0.1) is 0 Å². The summed E-state index contributed by atoms with van der Waals surface area (Å²) in [6.45, 7) is 35.0. The number of rotatable bonds is 77. The monoisotopic (exact) mass is 1980 g/mol. The van der Waals surface area contributed by atoms with Gasteiger partial charge >= 0.3 is 0 Å². The Labute approximate surface area is 845 Å². The van der Waals surface area contributed by atoms with Crippen LogP contribution in [-0.2, 0) is 28.8 Å². The molecule has 6 rings (SSSR count). The van der Waals surface area contributed by atoms with Gasteiger partial charge in [-0.3, -0.25) is 28.8 Å². The first-order valence-electron chi connectivity index (χ1n) is 54.6. The number of unbranched alkanes of at least 4 members (excludes halogenated alkanes) is 18. The second-order valence-corrected chi connectivity index (χ2v) is 45.4. The van der Waals surface area contributed by atoms with Gasteiger partial charge in [0, 0.05) is 189 Å². The first kappa shape index (κ1) is 124. The minimum atomic E-state index is 0.140. The average Bonchev–Trinajstić information content (AvgIpc) is 1.13. The van der Waals surface area contributed by atoms with Gasteiger partial charge in [0.2, 0.25) is 35.4 Å². The van der Waals surface area contributed by atoms with Gasteiger partial charge in [-0.2, -0.15) is 0 Å². The molecular weight excluding hydrogens is 1780 g/mol. The van der Waals surface area contributed by atoms with E-state index < -0.39 is 0 Å². The molecule has 0 radical (unpaired) electrons. The first-order chi connectivity index (χ1) is 65.9. The first-order valence-corrected chi connectivity index (χ1v) is 61.7. The Kier molecular flexibility index (Phi) is 88.7. The lowest BCUT2D eigenvalue weighted by Crippen LogP contribution is -2.47. The van der Waals surface area contributed by atoms with Gasteiger partial charge in [0.25, 0.3) is 0 Å². The number of piperazine rings is 3. The van der Waals surface area contributed by atoms with Crippen molar-refractivity contribution in [3.63, 3.8) is 0 Å². The molecule has 6 N–H and O–H groups in total. The van der Waals surface area contributed by atoms with Crippen LogP contribution in [0.1, 0.15) is 362 Å². The predicted molar refractivity (Wildman–Crippen MR) is 594 cm³/mol. The molecule has 0 aromatic carbocycles. The standard InChI is InChI=1S/C36H64N4O2S2.C31H56N4O2.C26H48N4O2S4.C17H30/c1-2-3-4-5-6-7-8-9-10-11-12-13-14-15-16-22-35(41)37-25-19-27-39-29-31-40(32-30-39)28-20-26-38-36(42)23-18-17-21-34-24-33-43-44-34;1-3-5-6-7-8-9-10-11-12-13-14-15-16-17-18-21-31(37)33-23-20-25-35-28-26-34(27-29-35)24-19-22-32-30(36)4-2;31-25(9-3-1-7-23-11-21-33-35-23)27-13-5-15-29-17-19-30(20-18-29)16-6-14-28-26(32)10-4-2-8-24-12-22-34-36-24;1-3-5-7-9-11-13-15-17-16-14-12-10-8-6-4-2/h3-4,6-7,9-10,34H,2,5,8,11-33H2,1H3,(H,37,41)(H,38,42);5-6,8-9,11-12H,3-4,7,10,13-29H2,1-2H3,(H,32,36)(H,33,37);23-24H,1-22H2,(H,27,31)(H,28,32);5,7,11,13,16-17H,3-4,6,8-10,12,14-15H2,1-2H3/b4-3+,7-6+,10-9+;6-5+,9-8+,12-11+;;7-5+,13-11+,17-16+/t34-;;23-,24-;/m1.1./s1. The van der Waals surface area contributed by atoms with Gasteiger partial charge in [-0.05, 0) is 245 Å². The second-order valence-electron chi connectivity index (χ2n) is 37.0. The summed E-state index contributed by atoms with van der Waals surface area (Å²) >= 11 is 0. The Morgan fingerprint density at radius 2 is 0.448 bits per heavy atom. The SMILES string of the molecule is CC/C=C/C/C=C/C/C=C/CCCCCCC.CC/C=C/C/C=C/C/C=C/CCCCCCCC(=O)NCCCN1CCN(CCCNC(=O)CC)CC1.CC/C=C/C/C=C/C/C=C/CCCCCCCC(=O)NCCCN1CCN(CCCNC(=O)CCCC[C@@H]2CCSS2)CC1.O=C(CCCC[C@@H]1CCSS1)NCCCN1CCN(CCCNC(=O)CCCC[C@@H]2CCSS2)CC1. The number of hydrogen-bond donors (Lipinski definition) is 6. The molecule has 134 heavy (non-hydrogen) atoms. The van der Waals surface area contributed by atoms with Crippen LogP contribution in [0.5, 0.6) is 0 Å². The van der Waals surface area contributed by atoms with Crippen LogP contribution in [0.15, 0.2) is 109 Å². The molecule has 0 bridgehead atoms. The summed E-state index contributed by atoms with van der Waals surface area (Å²) in [5.41, 5.74) is 0. The molecule has 6 amide bonds. The molecule has 0 aromatic heterocycles. The van der Waals surface area contributed by atoms with Crippen molar-refractivity contribution in [1.29, 1.82) is 0 Å². The van der Waals surface area contributed by atoms with E-state index in [0.29, 0.717) is 38.5 Å². The fraction of sp³-hybridized carbons (Fsp3) is 0.782. The molecule has 6 aliphatic rings. The summed E-state index contributed by atoms with van der Waals surface area (Å²) in [5.74, 6) is 5.12. The van der Waals surface area contributed by atoms with Crippen molar-refractivity contribution in [2.45, 2.75) is 378 Å². The summed E-state index contributed by atoms with van der Waals surface area (Å²) in [6.07, 6.45) is 97.1. The van der Waals surface area contributed by atoms with Crippen LogP contribution >= 0.6 is 64.8 Å². The van der Waals surface area contributed by atoms with E-state index in [-0.39, 0.29) is 35.4 Å². The molecule has 0 aromatic rings. The van der Waals surface area contributed by atoms with Crippen LogP contribution in [0.2, 0.25) is 0 Å². The summed E-state index contributed by atoms with van der Waals surface area (Å²) in [6, 6.07) is 0. The zero-order valence-electron chi connectivity index (χ0n) is 85.9. The number of nitrogens with one attached hydrogen (secondary N) is 6. The van der Waals surface area contributed by atoms with E-state index in [0.717, 1.165) is 327 Å². The molecular formula is C110H198N12O6S6. The minimum absolute atomic E-state index is 0.140. The molecule has 770 valence electrons. The van der Waals surface area contributed by atoms with Crippen molar-refractivity contribution in [3.8, 4) is 0 Å². The smallest absolute Gasteiger partial charge is 0.219 e. The van der Waals surface area contributed by atoms with Crippen LogP contribution in [0.25, 0.3) is 0 Å². The van der Waals surface area contributed by atoms with Gasteiger partial charge in [-0.25, -0.2) is 0 Å². The number of nitrogens with zero attached hydrogens (tertiary/aromatic N) is 6. The lowest BCUT2D eigenvalue weighted by atomic mass is 10.1. The summed E-state index contributed by atoms with van der Waals surface area (Å²) in [4.78, 5) is 86.8. The number of hydrogen-bond acceptors (Lipinski definition) is 18. The summed E-state index contributed by atoms with van der Waals surface area (Å²) in [5, 5.41) is 21.0. The molecule has 0 aliphatic carbocycles. The Morgan fingerprint density at radius 3 is 0.672 bits per heavy atom. The normalized spacial score (nSPS) is 18.0. The minimum Gasteiger partial charge on any atom is -0.356 e. The number of carbonyl (C=O) groups is 6. The Hall–Kier alpha value is -3.66. The third kappa shape index (κ3) is 80.9. The number of amides is 6. The van der Waals surface area contributed by atoms with Crippen molar-refractivity contribution in [2.24, 2.45) is 0 Å². The fourth-order valence-corrected chi connectivity index (χ4v) is 25.7. The lowest BCUT2D eigenvalue weighted by Gasteiger charge is -2.34. The van der Waals surface area contributed by atoms with Crippen molar-refractivity contribution < 1.29 is 28.8 Å². The van der Waals surface area contributed by atoms with E-state index in [4.69, 9.17) is 0 Å². The van der Waals surface area contributed by atoms with E-state index >= 15 is 0 Å². The highest BCUT2D eigenvalue weighted by Gasteiger charge is 2.23. The van der Waals surface area contributed by atoms with Crippen LogP contribution in [0.4, 0.5) is 0 Å². The van der Waals surface area contributed by atoms with Gasteiger partial charge < -0.3 is 61.3 Å². The van der Waals surface area contributed by atoms with Crippen molar-refractivity contribution in [3.05, 3.63) is 109 Å². The molecule has 6 saturated heterocycles. The molecule has 6 fully saturated rings. The maximum absolute atomic E-state index is 12.2. The molecule has 3 atom stereocenters. The molecule has 6 aliphatic heterocycles. The molecule has 0 saturated carbocycles. The van der Waals surface area contributed by atoms with Gasteiger partial charge in [-0.1, -0.05) is 292 Å². The summed E-state index contributed by atoms with van der Waals surface area (Å²) in [7, 11) is 12.1. The highest BCUT2D eigenvalue weighted by molar-refractivity contribution is 8.78. The van der Waals surface area contributed by atoms with Crippen LogP contribution in [0, 0.1) is 0 Å². The fourth-order valence-electron chi connectivity index (χ4n) is 16.6. The highest BCUT2D eigenvalue weighted by Crippen LogP contribution is 2.42.